The second-order valence-corrected chi connectivity index (χ2v) is 5.64. The molecule has 1 aromatic rings. The molecule has 4 nitrogen and oxygen atoms in total. The fourth-order valence-corrected chi connectivity index (χ4v) is 2.45. The predicted octanol–water partition coefficient (Wildman–Crippen LogP) is 3.04. The lowest BCUT2D eigenvalue weighted by Crippen LogP contribution is -2.46. The molecule has 1 aromatic carbocycles. The Balaban J connectivity index is 2.43. The molecule has 0 heterocycles. The second kappa shape index (κ2) is 11.2. The number of aliphatic hydroxyl groups is 1. The molecule has 0 fully saturated rings. The van der Waals surface area contributed by atoms with Gasteiger partial charge in [0.15, 0.2) is 0 Å². The molecular formula is C18H29NO3. The summed E-state index contributed by atoms with van der Waals surface area (Å²) in [6, 6.07) is 9.16. The van der Waals surface area contributed by atoms with Crippen LogP contribution in [0.4, 0.5) is 0 Å². The van der Waals surface area contributed by atoms with E-state index in [1.807, 2.05) is 30.3 Å². The minimum absolute atomic E-state index is 0.406. The van der Waals surface area contributed by atoms with Gasteiger partial charge in [0, 0.05) is 6.54 Å². The molecule has 0 bridgehead atoms. The Morgan fingerprint density at radius 1 is 1.18 bits per heavy atom. The molecule has 124 valence electrons. The van der Waals surface area contributed by atoms with Crippen molar-refractivity contribution in [3.8, 4) is 0 Å². The molecule has 22 heavy (non-hydrogen) atoms. The molecule has 0 aliphatic heterocycles. The molecule has 2 N–H and O–H groups in total. The number of nitrogens with one attached hydrogen (secondary N) is 1. The van der Waals surface area contributed by atoms with Gasteiger partial charge in [0.05, 0.1) is 13.2 Å². The van der Waals surface area contributed by atoms with Crippen LogP contribution in [0.5, 0.6) is 0 Å². The van der Waals surface area contributed by atoms with Gasteiger partial charge in [0.2, 0.25) is 0 Å². The molecular weight excluding hydrogens is 278 g/mol. The molecule has 0 spiro atoms. The quantitative estimate of drug-likeness (QED) is 0.487. The average Bonchev–Trinajstić information content (AvgIpc) is 2.55. The number of ether oxygens (including phenoxy) is 1. The topological polar surface area (TPSA) is 58.6 Å². The molecule has 2 atom stereocenters. The summed E-state index contributed by atoms with van der Waals surface area (Å²) >= 11 is 0. The number of benzene rings is 1. The van der Waals surface area contributed by atoms with Gasteiger partial charge in [0.25, 0.3) is 0 Å². The van der Waals surface area contributed by atoms with Crippen molar-refractivity contribution >= 4 is 5.97 Å². The maximum absolute atomic E-state index is 11.9. The van der Waals surface area contributed by atoms with Gasteiger partial charge in [-0.2, -0.15) is 0 Å². The lowest BCUT2D eigenvalue weighted by Gasteiger charge is -2.22. The fraction of sp³-hybridized carbons (Fsp3) is 0.611. The van der Waals surface area contributed by atoms with Crippen LogP contribution >= 0.6 is 0 Å². The Morgan fingerprint density at radius 2 is 1.86 bits per heavy atom. The Hall–Kier alpha value is -1.39. The number of hydrogen-bond donors (Lipinski definition) is 2. The summed E-state index contributed by atoms with van der Waals surface area (Å²) < 4.78 is 4.81. The third-order valence-electron chi connectivity index (χ3n) is 3.81. The van der Waals surface area contributed by atoms with Crippen LogP contribution in [0.15, 0.2) is 30.3 Å². The molecule has 4 heteroatoms. The van der Waals surface area contributed by atoms with Gasteiger partial charge in [-0.1, -0.05) is 69.4 Å². The number of esters is 1. The minimum atomic E-state index is -0.710. The van der Waals surface area contributed by atoms with Gasteiger partial charge < -0.3 is 9.84 Å². The number of carbonyl (C=O) groups is 1. The van der Waals surface area contributed by atoms with E-state index in [4.69, 9.17) is 4.74 Å². The highest BCUT2D eigenvalue weighted by Crippen LogP contribution is 2.11. The normalized spacial score (nSPS) is 13.6. The first-order valence-corrected chi connectivity index (χ1v) is 8.22. The van der Waals surface area contributed by atoms with Crippen LogP contribution in [0.2, 0.25) is 0 Å². The Kier molecular flexibility index (Phi) is 9.51. The number of unbranched alkanes of at least 4 members (excludes halogenated alkanes) is 4. The van der Waals surface area contributed by atoms with Crippen LogP contribution in [0.3, 0.4) is 0 Å². The van der Waals surface area contributed by atoms with Crippen LogP contribution in [-0.4, -0.2) is 30.3 Å². The standard InChI is InChI=1S/C18H29NO3/c1-3-4-5-6-10-13-16(20)17(18(21)22-2)19-14-15-11-8-7-9-12-15/h7-9,11-12,16-17,19-20H,3-6,10,13-14H2,1-2H3/t16-,17-/m1/s1. The SMILES string of the molecule is CCCCCCC[C@@H](O)[C@@H](NCc1ccccc1)C(=O)OC. The van der Waals surface area contributed by atoms with Gasteiger partial charge in [0.1, 0.15) is 6.04 Å². The summed E-state index contributed by atoms with van der Waals surface area (Å²) in [6.45, 7) is 2.71. The zero-order valence-electron chi connectivity index (χ0n) is 13.8. The van der Waals surface area contributed by atoms with Crippen molar-refractivity contribution in [1.82, 2.24) is 5.32 Å². The molecule has 0 saturated carbocycles. The summed E-state index contributed by atoms with van der Waals surface area (Å²) in [5.41, 5.74) is 1.08. The van der Waals surface area contributed by atoms with E-state index in [0.29, 0.717) is 13.0 Å². The number of rotatable bonds is 11. The maximum atomic E-state index is 11.9. The van der Waals surface area contributed by atoms with Crippen molar-refractivity contribution < 1.29 is 14.6 Å². The molecule has 1 rings (SSSR count). The van der Waals surface area contributed by atoms with E-state index < -0.39 is 18.1 Å². The highest BCUT2D eigenvalue weighted by molar-refractivity contribution is 5.76. The summed E-state index contributed by atoms with van der Waals surface area (Å²) in [6.07, 6.45) is 5.54. The minimum Gasteiger partial charge on any atom is -0.468 e. The average molecular weight is 307 g/mol. The van der Waals surface area contributed by atoms with E-state index in [2.05, 4.69) is 12.2 Å². The first-order chi connectivity index (χ1) is 10.7. The van der Waals surface area contributed by atoms with Crippen LogP contribution < -0.4 is 5.32 Å². The second-order valence-electron chi connectivity index (χ2n) is 5.64. The molecule has 0 radical (unpaired) electrons. The molecule has 0 aliphatic carbocycles. The summed E-state index contributed by atoms with van der Waals surface area (Å²) in [5.74, 6) is -0.406. The van der Waals surface area contributed by atoms with E-state index in [9.17, 15) is 9.90 Å². The number of methoxy groups -OCH3 is 1. The van der Waals surface area contributed by atoms with Crippen LogP contribution in [-0.2, 0) is 16.1 Å². The molecule has 0 saturated heterocycles. The van der Waals surface area contributed by atoms with Crippen molar-refractivity contribution in [3.63, 3.8) is 0 Å². The van der Waals surface area contributed by atoms with Crippen molar-refractivity contribution in [2.75, 3.05) is 7.11 Å². The summed E-state index contributed by atoms with van der Waals surface area (Å²) in [4.78, 5) is 11.9. The molecule has 0 aliphatic rings. The number of aliphatic hydroxyl groups excluding tert-OH is 1. The number of hydrogen-bond acceptors (Lipinski definition) is 4. The van der Waals surface area contributed by atoms with E-state index in [0.717, 1.165) is 18.4 Å². The van der Waals surface area contributed by atoms with Gasteiger partial charge in [-0.15, -0.1) is 0 Å². The van der Waals surface area contributed by atoms with Gasteiger partial charge in [-0.05, 0) is 12.0 Å². The van der Waals surface area contributed by atoms with E-state index >= 15 is 0 Å². The van der Waals surface area contributed by atoms with Gasteiger partial charge in [-0.3, -0.25) is 10.1 Å². The van der Waals surface area contributed by atoms with Crippen molar-refractivity contribution in [1.29, 1.82) is 0 Å². The fourth-order valence-electron chi connectivity index (χ4n) is 2.45. The van der Waals surface area contributed by atoms with E-state index in [1.54, 1.807) is 0 Å². The first-order valence-electron chi connectivity index (χ1n) is 8.22. The first kappa shape index (κ1) is 18.7. The lowest BCUT2D eigenvalue weighted by atomic mass is 10.0. The van der Waals surface area contributed by atoms with Gasteiger partial charge in [-0.25, -0.2) is 0 Å². The van der Waals surface area contributed by atoms with Crippen molar-refractivity contribution in [2.24, 2.45) is 0 Å². The molecule has 0 unspecified atom stereocenters. The molecule has 0 aromatic heterocycles. The van der Waals surface area contributed by atoms with Crippen molar-refractivity contribution in [2.45, 2.75) is 64.1 Å². The Labute approximate surface area is 133 Å². The van der Waals surface area contributed by atoms with E-state index in [1.165, 1.54) is 26.4 Å². The third-order valence-corrected chi connectivity index (χ3v) is 3.81. The Bertz CT molecular complexity index is 408. The lowest BCUT2D eigenvalue weighted by molar-refractivity contribution is -0.146. The monoisotopic (exact) mass is 307 g/mol. The zero-order chi connectivity index (χ0) is 16.2. The highest BCUT2D eigenvalue weighted by Gasteiger charge is 2.26. The van der Waals surface area contributed by atoms with E-state index in [-0.39, 0.29) is 0 Å². The van der Waals surface area contributed by atoms with Crippen molar-refractivity contribution in [3.05, 3.63) is 35.9 Å². The smallest absolute Gasteiger partial charge is 0.325 e. The number of carbonyl (C=O) groups excluding carboxylic acids is 1. The predicted molar refractivity (Wildman–Crippen MR) is 88.5 cm³/mol. The van der Waals surface area contributed by atoms with Crippen LogP contribution in [0.25, 0.3) is 0 Å². The Morgan fingerprint density at radius 3 is 2.50 bits per heavy atom. The summed E-state index contributed by atoms with van der Waals surface area (Å²) in [7, 11) is 1.35. The molecule has 0 amide bonds. The maximum Gasteiger partial charge on any atom is 0.325 e. The van der Waals surface area contributed by atoms with Gasteiger partial charge >= 0.3 is 5.97 Å². The van der Waals surface area contributed by atoms with Crippen LogP contribution in [0.1, 0.15) is 51.0 Å². The zero-order valence-corrected chi connectivity index (χ0v) is 13.8. The third kappa shape index (κ3) is 7.05. The van der Waals surface area contributed by atoms with Crippen LogP contribution in [0, 0.1) is 0 Å². The highest BCUT2D eigenvalue weighted by atomic mass is 16.5. The summed E-state index contributed by atoms with van der Waals surface area (Å²) in [5, 5.41) is 13.4. The largest absolute Gasteiger partial charge is 0.468 e.